The molecule has 0 bridgehead atoms. The van der Waals surface area contributed by atoms with Crippen LogP contribution < -0.4 is 10.0 Å². The summed E-state index contributed by atoms with van der Waals surface area (Å²) in [5.74, 6) is 0.609. The Morgan fingerprint density at radius 1 is 1.65 bits per heavy atom. The highest BCUT2D eigenvalue weighted by Crippen LogP contribution is 2.10. The van der Waals surface area contributed by atoms with E-state index in [2.05, 4.69) is 20.2 Å². The van der Waals surface area contributed by atoms with Crippen LogP contribution in [-0.4, -0.2) is 41.5 Å². The predicted octanol–water partition coefficient (Wildman–Crippen LogP) is -1.01. The number of nitrogens with one attached hydrogen (secondary N) is 2. The summed E-state index contributed by atoms with van der Waals surface area (Å²) in [5, 5.41) is 10.3. The van der Waals surface area contributed by atoms with Gasteiger partial charge in [-0.3, -0.25) is 0 Å². The predicted molar refractivity (Wildman–Crippen MR) is 62.7 cm³/mol. The number of rotatable bonds is 4. The average molecular weight is 259 g/mol. The molecule has 96 valence electrons. The Bertz CT molecular complexity index is 463. The van der Waals surface area contributed by atoms with Gasteiger partial charge in [0.05, 0.1) is 11.8 Å². The van der Waals surface area contributed by atoms with Crippen molar-refractivity contribution < 1.29 is 8.42 Å². The molecule has 8 heteroatoms. The second-order valence-electron chi connectivity index (χ2n) is 4.19. The Balaban J connectivity index is 1.95. The number of hydrogen-bond donors (Lipinski definition) is 2. The monoisotopic (exact) mass is 259 g/mol. The molecule has 0 aromatic carbocycles. The fourth-order valence-electron chi connectivity index (χ4n) is 1.83. The number of aromatic nitrogens is 3. The minimum Gasteiger partial charge on any atom is -0.320 e. The maximum Gasteiger partial charge on any atom is 0.216 e. The Kier molecular flexibility index (Phi) is 3.75. The lowest BCUT2D eigenvalue weighted by Crippen LogP contribution is -2.44. The van der Waals surface area contributed by atoms with Crippen LogP contribution >= 0.6 is 0 Å². The number of piperidine rings is 1. The van der Waals surface area contributed by atoms with E-state index in [1.54, 1.807) is 17.9 Å². The first-order chi connectivity index (χ1) is 8.09. The summed E-state index contributed by atoms with van der Waals surface area (Å²) in [4.78, 5) is 0. The highest BCUT2D eigenvalue weighted by Gasteiger charge is 2.26. The lowest BCUT2D eigenvalue weighted by atomic mass is 10.2. The van der Waals surface area contributed by atoms with Gasteiger partial charge >= 0.3 is 0 Å². The Hall–Kier alpha value is -0.990. The van der Waals surface area contributed by atoms with Crippen LogP contribution in [0.5, 0.6) is 0 Å². The van der Waals surface area contributed by atoms with Crippen molar-refractivity contribution in [3.05, 3.63) is 12.2 Å². The summed E-state index contributed by atoms with van der Waals surface area (Å²) in [6.45, 7) is 1.61. The maximum absolute atomic E-state index is 12.0. The van der Waals surface area contributed by atoms with Crippen LogP contribution in [0.1, 0.15) is 18.7 Å². The molecule has 0 aliphatic carbocycles. The van der Waals surface area contributed by atoms with Crippen molar-refractivity contribution in [2.24, 2.45) is 7.05 Å². The third-order valence-corrected chi connectivity index (χ3v) is 4.75. The third-order valence-electron chi connectivity index (χ3n) is 2.93. The molecule has 2 heterocycles. The van der Waals surface area contributed by atoms with Gasteiger partial charge in [0.2, 0.25) is 10.0 Å². The first kappa shape index (κ1) is 12.5. The zero-order valence-electron chi connectivity index (χ0n) is 9.76. The first-order valence-corrected chi connectivity index (χ1v) is 7.16. The average Bonchev–Trinajstić information content (AvgIpc) is 2.74. The molecule has 2 N–H and O–H groups in total. The first-order valence-electron chi connectivity index (χ1n) is 5.61. The van der Waals surface area contributed by atoms with Gasteiger partial charge in [-0.2, -0.15) is 0 Å². The Labute approximate surface area is 101 Å². The van der Waals surface area contributed by atoms with Crippen molar-refractivity contribution in [2.45, 2.75) is 24.6 Å². The molecule has 0 saturated carbocycles. The van der Waals surface area contributed by atoms with Gasteiger partial charge in [-0.05, 0) is 19.4 Å². The molecule has 1 aliphatic rings. The smallest absolute Gasteiger partial charge is 0.216 e. The lowest BCUT2D eigenvalue weighted by Gasteiger charge is -2.22. The largest absolute Gasteiger partial charge is 0.320 e. The normalized spacial score (nSPS) is 21.6. The zero-order valence-corrected chi connectivity index (χ0v) is 10.6. The molecule has 0 spiro atoms. The van der Waals surface area contributed by atoms with Crippen LogP contribution in [-0.2, 0) is 23.6 Å². The number of aryl methyl sites for hydroxylation is 1. The quantitative estimate of drug-likeness (QED) is 0.723. The van der Waals surface area contributed by atoms with Crippen LogP contribution in [0.15, 0.2) is 6.33 Å². The van der Waals surface area contributed by atoms with E-state index in [9.17, 15) is 8.42 Å². The molecular formula is C9H17N5O2S. The molecule has 7 nitrogen and oxygen atoms in total. The standard InChI is InChI=1S/C9H17N5O2S/c1-14-7-11-13-9(14)6-12-17(15,16)8-3-2-4-10-5-8/h7-8,10,12H,2-6H2,1H3. The van der Waals surface area contributed by atoms with E-state index >= 15 is 0 Å². The fraction of sp³-hybridized carbons (Fsp3) is 0.778. The van der Waals surface area contributed by atoms with E-state index in [0.29, 0.717) is 18.8 Å². The summed E-state index contributed by atoms with van der Waals surface area (Å²) < 4.78 is 28.2. The molecule has 1 aromatic heterocycles. The van der Waals surface area contributed by atoms with Crippen molar-refractivity contribution in [2.75, 3.05) is 13.1 Å². The summed E-state index contributed by atoms with van der Waals surface area (Å²) in [5.41, 5.74) is 0. The number of nitrogens with zero attached hydrogens (tertiary/aromatic N) is 3. The SMILES string of the molecule is Cn1cnnc1CNS(=O)(=O)C1CCCNC1. The van der Waals surface area contributed by atoms with Gasteiger partial charge in [0.25, 0.3) is 0 Å². The summed E-state index contributed by atoms with van der Waals surface area (Å²) >= 11 is 0. The minimum atomic E-state index is -3.27. The molecule has 1 aliphatic heterocycles. The highest BCUT2D eigenvalue weighted by molar-refractivity contribution is 7.90. The number of hydrogen-bond acceptors (Lipinski definition) is 5. The topological polar surface area (TPSA) is 88.9 Å². The van der Waals surface area contributed by atoms with E-state index < -0.39 is 10.0 Å². The molecule has 1 aromatic rings. The Morgan fingerprint density at radius 3 is 3.06 bits per heavy atom. The van der Waals surface area contributed by atoms with Crippen LogP contribution in [0, 0.1) is 0 Å². The highest BCUT2D eigenvalue weighted by atomic mass is 32.2. The maximum atomic E-state index is 12.0. The van der Waals surface area contributed by atoms with Crippen LogP contribution in [0.25, 0.3) is 0 Å². The molecule has 1 unspecified atom stereocenters. The minimum absolute atomic E-state index is 0.190. The lowest BCUT2D eigenvalue weighted by molar-refractivity contribution is 0.489. The van der Waals surface area contributed by atoms with E-state index in [4.69, 9.17) is 0 Å². The molecule has 0 radical (unpaired) electrons. The fourth-order valence-corrected chi connectivity index (χ4v) is 3.22. The van der Waals surface area contributed by atoms with Gasteiger partial charge in [0, 0.05) is 13.6 Å². The molecular weight excluding hydrogens is 242 g/mol. The van der Waals surface area contributed by atoms with E-state index in [0.717, 1.165) is 13.0 Å². The van der Waals surface area contributed by atoms with Crippen molar-refractivity contribution in [1.29, 1.82) is 0 Å². The second-order valence-corrected chi connectivity index (χ2v) is 6.24. The molecule has 2 rings (SSSR count). The van der Waals surface area contributed by atoms with Crippen molar-refractivity contribution in [1.82, 2.24) is 24.8 Å². The van der Waals surface area contributed by atoms with Gasteiger partial charge in [-0.25, -0.2) is 13.1 Å². The molecule has 1 saturated heterocycles. The molecule has 0 amide bonds. The second kappa shape index (κ2) is 5.11. The summed E-state index contributed by atoms with van der Waals surface area (Å²) in [7, 11) is -1.49. The molecule has 1 fully saturated rings. The van der Waals surface area contributed by atoms with Crippen LogP contribution in [0.2, 0.25) is 0 Å². The third kappa shape index (κ3) is 3.02. The van der Waals surface area contributed by atoms with E-state index in [-0.39, 0.29) is 11.8 Å². The van der Waals surface area contributed by atoms with E-state index in [1.807, 2.05) is 0 Å². The molecule has 1 atom stereocenters. The van der Waals surface area contributed by atoms with Gasteiger partial charge in [0.1, 0.15) is 12.2 Å². The Morgan fingerprint density at radius 2 is 2.47 bits per heavy atom. The number of sulfonamides is 1. The van der Waals surface area contributed by atoms with E-state index in [1.165, 1.54) is 0 Å². The zero-order chi connectivity index (χ0) is 12.3. The van der Waals surface area contributed by atoms with Crippen molar-refractivity contribution in [3.63, 3.8) is 0 Å². The van der Waals surface area contributed by atoms with Crippen LogP contribution in [0.3, 0.4) is 0 Å². The summed E-state index contributed by atoms with van der Waals surface area (Å²) in [6.07, 6.45) is 3.16. The molecule has 17 heavy (non-hydrogen) atoms. The van der Waals surface area contributed by atoms with Crippen molar-refractivity contribution >= 4 is 10.0 Å². The van der Waals surface area contributed by atoms with Gasteiger partial charge in [-0.15, -0.1) is 10.2 Å². The summed E-state index contributed by atoms with van der Waals surface area (Å²) in [6, 6.07) is 0. The van der Waals surface area contributed by atoms with Gasteiger partial charge in [-0.1, -0.05) is 0 Å². The van der Waals surface area contributed by atoms with Gasteiger partial charge in [0.15, 0.2) is 0 Å². The van der Waals surface area contributed by atoms with Crippen molar-refractivity contribution in [3.8, 4) is 0 Å². The van der Waals surface area contributed by atoms with Crippen LogP contribution in [0.4, 0.5) is 0 Å². The van der Waals surface area contributed by atoms with Gasteiger partial charge < -0.3 is 9.88 Å².